The molecule has 1 aromatic rings. The first-order chi connectivity index (χ1) is 5.86. The van der Waals surface area contributed by atoms with Crippen molar-refractivity contribution < 1.29 is 13.9 Å². The first-order valence-corrected chi connectivity index (χ1v) is 3.83. The monoisotopic (exact) mass is 167 g/mol. The second-order valence-electron chi connectivity index (χ2n) is 2.64. The van der Waals surface area contributed by atoms with Gasteiger partial charge in [-0.15, -0.1) is 0 Å². The lowest BCUT2D eigenvalue weighted by atomic mass is 10.1. The van der Waals surface area contributed by atoms with Crippen molar-refractivity contribution in [2.24, 2.45) is 0 Å². The summed E-state index contributed by atoms with van der Waals surface area (Å²) in [6.45, 7) is 0.456. The smallest absolute Gasteiger partial charge is 0.407 e. The van der Waals surface area contributed by atoms with E-state index in [0.29, 0.717) is 6.61 Å². The van der Waals surface area contributed by atoms with Crippen LogP contribution in [0.1, 0.15) is 18.2 Å². The highest BCUT2D eigenvalue weighted by Crippen LogP contribution is 2.19. The molecule has 1 aliphatic rings. The fourth-order valence-corrected chi connectivity index (χ4v) is 1.23. The molecule has 1 aliphatic heterocycles. The van der Waals surface area contributed by atoms with E-state index >= 15 is 0 Å². The lowest BCUT2D eigenvalue weighted by molar-refractivity contribution is 0.111. The van der Waals surface area contributed by atoms with Crippen LogP contribution in [0.5, 0.6) is 0 Å². The molecule has 1 saturated heterocycles. The van der Waals surface area contributed by atoms with Crippen molar-refractivity contribution in [1.29, 1.82) is 0 Å². The fraction of sp³-hybridized carbons (Fsp3) is 0.375. The van der Waals surface area contributed by atoms with Gasteiger partial charge in [-0.2, -0.15) is 0 Å². The number of carbonyl (C=O) groups is 1. The summed E-state index contributed by atoms with van der Waals surface area (Å²) < 4.78 is 9.87. The van der Waals surface area contributed by atoms with Gasteiger partial charge in [0.2, 0.25) is 0 Å². The van der Waals surface area contributed by atoms with Gasteiger partial charge in [-0.25, -0.2) is 4.79 Å². The number of carbonyl (C=O) groups excluding carboxylic acids is 1. The van der Waals surface area contributed by atoms with Crippen molar-refractivity contribution in [3.8, 4) is 0 Å². The van der Waals surface area contributed by atoms with Crippen LogP contribution in [-0.4, -0.2) is 12.7 Å². The van der Waals surface area contributed by atoms with Crippen molar-refractivity contribution in [3.05, 3.63) is 24.2 Å². The molecule has 2 heterocycles. The highest BCUT2D eigenvalue weighted by atomic mass is 16.6. The van der Waals surface area contributed by atoms with Crippen molar-refractivity contribution in [2.45, 2.75) is 12.5 Å². The van der Waals surface area contributed by atoms with E-state index < -0.39 is 0 Å². The molecule has 1 N–H and O–H groups in total. The van der Waals surface area contributed by atoms with Crippen molar-refractivity contribution >= 4 is 6.09 Å². The van der Waals surface area contributed by atoms with Crippen molar-refractivity contribution in [3.63, 3.8) is 0 Å². The summed E-state index contributed by atoms with van der Waals surface area (Å²) in [6, 6.07) is 3.62. The molecule has 64 valence electrons. The predicted octanol–water partition coefficient (Wildman–Crippen LogP) is 1.45. The Balaban J connectivity index is 2.09. The van der Waals surface area contributed by atoms with E-state index in [1.807, 2.05) is 6.07 Å². The molecule has 2 rings (SSSR count). The number of hydrogen-bond acceptors (Lipinski definition) is 3. The van der Waals surface area contributed by atoms with Crippen LogP contribution >= 0.6 is 0 Å². The Bertz CT molecular complexity index is 268. The Morgan fingerprint density at radius 3 is 3.17 bits per heavy atom. The fourth-order valence-electron chi connectivity index (χ4n) is 1.23. The molecule has 0 bridgehead atoms. The van der Waals surface area contributed by atoms with E-state index in [0.717, 1.165) is 12.2 Å². The largest absolute Gasteiger partial charge is 0.467 e. The Morgan fingerprint density at radius 2 is 2.50 bits per heavy atom. The summed E-state index contributed by atoms with van der Waals surface area (Å²) in [5.41, 5.74) is 0. The van der Waals surface area contributed by atoms with Gasteiger partial charge in [0, 0.05) is 6.42 Å². The first-order valence-electron chi connectivity index (χ1n) is 3.83. The minimum absolute atomic E-state index is 0.0266. The third-order valence-corrected chi connectivity index (χ3v) is 1.82. The van der Waals surface area contributed by atoms with E-state index in [4.69, 9.17) is 9.15 Å². The van der Waals surface area contributed by atoms with Crippen LogP contribution in [-0.2, 0) is 4.74 Å². The van der Waals surface area contributed by atoms with Crippen LogP contribution in [0.2, 0.25) is 0 Å². The molecule has 1 amide bonds. The van der Waals surface area contributed by atoms with E-state index in [9.17, 15) is 4.79 Å². The Morgan fingerprint density at radius 1 is 1.58 bits per heavy atom. The van der Waals surface area contributed by atoms with Gasteiger partial charge in [0.05, 0.1) is 18.9 Å². The van der Waals surface area contributed by atoms with Gasteiger partial charge >= 0.3 is 6.09 Å². The lowest BCUT2D eigenvalue weighted by Gasteiger charge is -2.21. The second kappa shape index (κ2) is 2.89. The number of amides is 1. The molecule has 0 radical (unpaired) electrons. The first kappa shape index (κ1) is 7.21. The number of hydrogen-bond donors (Lipinski definition) is 1. The lowest BCUT2D eigenvalue weighted by Crippen LogP contribution is -2.35. The van der Waals surface area contributed by atoms with Gasteiger partial charge in [0.25, 0.3) is 0 Å². The quantitative estimate of drug-likeness (QED) is 0.688. The molecule has 12 heavy (non-hydrogen) atoms. The minimum Gasteiger partial charge on any atom is -0.467 e. The molecule has 1 atom stereocenters. The number of furan rings is 1. The number of nitrogens with one attached hydrogen (secondary N) is 1. The minimum atomic E-state index is -0.373. The molecule has 4 heteroatoms. The van der Waals surface area contributed by atoms with Crippen LogP contribution in [0.15, 0.2) is 22.8 Å². The van der Waals surface area contributed by atoms with E-state index in [-0.39, 0.29) is 12.1 Å². The third-order valence-electron chi connectivity index (χ3n) is 1.82. The normalized spacial score (nSPS) is 23.0. The summed E-state index contributed by atoms with van der Waals surface area (Å²) in [4.78, 5) is 10.8. The topological polar surface area (TPSA) is 51.5 Å². The zero-order chi connectivity index (χ0) is 8.39. The maximum atomic E-state index is 10.8. The molecular weight excluding hydrogens is 158 g/mol. The summed E-state index contributed by atoms with van der Waals surface area (Å²) in [6.07, 6.45) is 1.98. The van der Waals surface area contributed by atoms with Gasteiger partial charge in [-0.05, 0) is 12.1 Å². The molecule has 1 fully saturated rings. The maximum Gasteiger partial charge on any atom is 0.407 e. The SMILES string of the molecule is O=C1NC(c2ccco2)CCO1. The van der Waals surface area contributed by atoms with E-state index in [2.05, 4.69) is 5.32 Å². The molecule has 4 nitrogen and oxygen atoms in total. The third kappa shape index (κ3) is 1.28. The Kier molecular flexibility index (Phi) is 1.74. The van der Waals surface area contributed by atoms with Gasteiger partial charge in [0.15, 0.2) is 0 Å². The van der Waals surface area contributed by atoms with Gasteiger partial charge in [-0.1, -0.05) is 0 Å². The molecule has 0 spiro atoms. The highest BCUT2D eigenvalue weighted by molar-refractivity contribution is 5.68. The average molecular weight is 167 g/mol. The average Bonchev–Trinajstić information content (AvgIpc) is 2.56. The number of rotatable bonds is 1. The predicted molar refractivity (Wildman–Crippen MR) is 40.5 cm³/mol. The molecule has 1 aromatic heterocycles. The van der Waals surface area contributed by atoms with Crippen LogP contribution < -0.4 is 5.32 Å². The van der Waals surface area contributed by atoms with Crippen LogP contribution in [0, 0.1) is 0 Å². The Labute approximate surface area is 69.5 Å². The molecule has 0 saturated carbocycles. The number of ether oxygens (including phenoxy) is 1. The Hall–Kier alpha value is -1.45. The van der Waals surface area contributed by atoms with Crippen LogP contribution in [0.3, 0.4) is 0 Å². The second-order valence-corrected chi connectivity index (χ2v) is 2.64. The van der Waals surface area contributed by atoms with Crippen molar-refractivity contribution in [1.82, 2.24) is 5.32 Å². The maximum absolute atomic E-state index is 10.8. The van der Waals surface area contributed by atoms with Crippen molar-refractivity contribution in [2.75, 3.05) is 6.61 Å². The number of cyclic esters (lactones) is 1. The molecule has 0 aromatic carbocycles. The summed E-state index contributed by atoms with van der Waals surface area (Å²) in [5.74, 6) is 0.784. The summed E-state index contributed by atoms with van der Waals surface area (Å²) in [5, 5.41) is 2.66. The molecule has 0 aliphatic carbocycles. The highest BCUT2D eigenvalue weighted by Gasteiger charge is 2.22. The summed E-state index contributed by atoms with van der Waals surface area (Å²) in [7, 11) is 0. The summed E-state index contributed by atoms with van der Waals surface area (Å²) >= 11 is 0. The van der Waals surface area contributed by atoms with E-state index in [1.165, 1.54) is 0 Å². The van der Waals surface area contributed by atoms with Gasteiger partial charge in [0.1, 0.15) is 5.76 Å². The van der Waals surface area contributed by atoms with E-state index in [1.54, 1.807) is 12.3 Å². The standard InChI is InChI=1S/C8H9NO3/c10-8-9-6(3-5-12-8)7-2-1-4-11-7/h1-2,4,6H,3,5H2,(H,9,10). The molecular formula is C8H9NO3. The number of alkyl carbamates (subject to hydrolysis) is 1. The van der Waals surface area contributed by atoms with Gasteiger partial charge < -0.3 is 14.5 Å². The van der Waals surface area contributed by atoms with Crippen LogP contribution in [0.25, 0.3) is 0 Å². The van der Waals surface area contributed by atoms with Gasteiger partial charge in [-0.3, -0.25) is 0 Å². The van der Waals surface area contributed by atoms with Crippen LogP contribution in [0.4, 0.5) is 4.79 Å². The zero-order valence-electron chi connectivity index (χ0n) is 6.45. The zero-order valence-corrected chi connectivity index (χ0v) is 6.45. The molecule has 1 unspecified atom stereocenters.